The molecule has 2 aromatic heterocycles. The lowest BCUT2D eigenvalue weighted by molar-refractivity contribution is 0.170. The van der Waals surface area contributed by atoms with Crippen molar-refractivity contribution in [2.24, 2.45) is 0 Å². The number of piperidine rings is 1. The molecule has 0 unspecified atom stereocenters. The van der Waals surface area contributed by atoms with Crippen LogP contribution in [0.15, 0.2) is 29.5 Å². The van der Waals surface area contributed by atoms with Crippen LogP contribution in [0.1, 0.15) is 31.7 Å². The Balaban J connectivity index is 1.57. The van der Waals surface area contributed by atoms with Crippen LogP contribution in [0.25, 0.3) is 0 Å². The highest BCUT2D eigenvalue weighted by atomic mass is 35.5. The fraction of sp³-hybridized carbons (Fsp3) is 0.471. The SMILES string of the molecule is CCCc1cnc(N2CCC(Oc3cc(=O)[nH]cc3Cl)CC2)nc1. The summed E-state index contributed by atoms with van der Waals surface area (Å²) in [5.41, 5.74) is 0.954. The van der Waals surface area contributed by atoms with Crippen LogP contribution < -0.4 is 15.2 Å². The first-order valence-electron chi connectivity index (χ1n) is 8.26. The molecule has 1 N–H and O–H groups in total. The Kier molecular flexibility index (Phi) is 5.35. The van der Waals surface area contributed by atoms with Crippen molar-refractivity contribution in [3.05, 3.63) is 45.6 Å². The van der Waals surface area contributed by atoms with Gasteiger partial charge >= 0.3 is 0 Å². The van der Waals surface area contributed by atoms with E-state index in [0.717, 1.165) is 44.7 Å². The first-order valence-corrected chi connectivity index (χ1v) is 8.64. The molecule has 0 bridgehead atoms. The lowest BCUT2D eigenvalue weighted by Gasteiger charge is -2.32. The van der Waals surface area contributed by atoms with Crippen LogP contribution >= 0.6 is 11.6 Å². The van der Waals surface area contributed by atoms with E-state index in [1.807, 2.05) is 12.4 Å². The van der Waals surface area contributed by atoms with Crippen LogP contribution in [0.3, 0.4) is 0 Å². The summed E-state index contributed by atoms with van der Waals surface area (Å²) in [7, 11) is 0. The number of nitrogens with one attached hydrogen (secondary N) is 1. The fourth-order valence-electron chi connectivity index (χ4n) is 2.81. The van der Waals surface area contributed by atoms with Crippen molar-refractivity contribution in [2.45, 2.75) is 38.7 Å². The summed E-state index contributed by atoms with van der Waals surface area (Å²) < 4.78 is 5.88. The van der Waals surface area contributed by atoms with E-state index in [0.29, 0.717) is 10.8 Å². The van der Waals surface area contributed by atoms with Gasteiger partial charge in [-0.05, 0) is 12.0 Å². The molecule has 0 amide bonds. The zero-order chi connectivity index (χ0) is 16.9. The highest BCUT2D eigenvalue weighted by molar-refractivity contribution is 6.31. The predicted octanol–water partition coefficient (Wildman–Crippen LogP) is 2.82. The lowest BCUT2D eigenvalue weighted by Crippen LogP contribution is -2.39. The minimum absolute atomic E-state index is 0.0416. The third kappa shape index (κ3) is 4.06. The van der Waals surface area contributed by atoms with E-state index >= 15 is 0 Å². The molecule has 0 spiro atoms. The van der Waals surface area contributed by atoms with Gasteiger partial charge in [0.15, 0.2) is 0 Å². The quantitative estimate of drug-likeness (QED) is 0.899. The van der Waals surface area contributed by atoms with Gasteiger partial charge in [0.25, 0.3) is 5.56 Å². The summed E-state index contributed by atoms with van der Waals surface area (Å²) >= 11 is 6.05. The third-order valence-electron chi connectivity index (χ3n) is 4.09. The van der Waals surface area contributed by atoms with Crippen molar-refractivity contribution in [3.63, 3.8) is 0 Å². The van der Waals surface area contributed by atoms with E-state index in [4.69, 9.17) is 16.3 Å². The average molecular weight is 349 g/mol. The largest absolute Gasteiger partial charge is 0.488 e. The second-order valence-corrected chi connectivity index (χ2v) is 6.36. The van der Waals surface area contributed by atoms with E-state index in [9.17, 15) is 4.79 Å². The predicted molar refractivity (Wildman–Crippen MR) is 94.0 cm³/mol. The van der Waals surface area contributed by atoms with Gasteiger partial charge in [-0.25, -0.2) is 9.97 Å². The van der Waals surface area contributed by atoms with E-state index in [1.54, 1.807) is 0 Å². The number of halogens is 1. The number of ether oxygens (including phenoxy) is 1. The summed E-state index contributed by atoms with van der Waals surface area (Å²) in [6, 6.07) is 1.39. The highest BCUT2D eigenvalue weighted by Gasteiger charge is 2.23. The average Bonchev–Trinajstić information content (AvgIpc) is 2.60. The minimum Gasteiger partial charge on any atom is -0.488 e. The van der Waals surface area contributed by atoms with Crippen molar-refractivity contribution >= 4 is 17.5 Å². The first-order chi connectivity index (χ1) is 11.7. The molecule has 24 heavy (non-hydrogen) atoms. The van der Waals surface area contributed by atoms with Crippen molar-refractivity contribution in [3.8, 4) is 5.75 Å². The molecule has 1 aliphatic rings. The van der Waals surface area contributed by atoms with Gasteiger partial charge in [0.2, 0.25) is 5.95 Å². The minimum atomic E-state index is -0.215. The normalized spacial score (nSPS) is 15.5. The molecular weight excluding hydrogens is 328 g/mol. The van der Waals surface area contributed by atoms with Gasteiger partial charge in [-0.3, -0.25) is 4.79 Å². The smallest absolute Gasteiger partial charge is 0.251 e. The molecule has 0 radical (unpaired) electrons. The van der Waals surface area contributed by atoms with Crippen molar-refractivity contribution in [1.29, 1.82) is 0 Å². The molecule has 128 valence electrons. The zero-order valence-corrected chi connectivity index (χ0v) is 14.4. The summed E-state index contributed by atoms with van der Waals surface area (Å²) in [6.07, 6.45) is 9.09. The van der Waals surface area contributed by atoms with Gasteiger partial charge in [-0.15, -0.1) is 0 Å². The Labute approximate surface area is 145 Å². The van der Waals surface area contributed by atoms with Crippen LogP contribution in [-0.4, -0.2) is 34.1 Å². The van der Waals surface area contributed by atoms with Gasteiger partial charge in [0, 0.05) is 50.6 Å². The maximum atomic E-state index is 11.4. The fourth-order valence-corrected chi connectivity index (χ4v) is 2.96. The van der Waals surface area contributed by atoms with Crippen molar-refractivity contribution < 1.29 is 4.74 Å². The lowest BCUT2D eigenvalue weighted by atomic mass is 10.1. The molecule has 0 atom stereocenters. The van der Waals surface area contributed by atoms with Gasteiger partial charge in [-0.2, -0.15) is 0 Å². The molecule has 0 aromatic carbocycles. The molecule has 6 nitrogen and oxygen atoms in total. The Morgan fingerprint density at radius 1 is 1.33 bits per heavy atom. The maximum absolute atomic E-state index is 11.4. The number of anilines is 1. The number of nitrogens with zero attached hydrogens (tertiary/aromatic N) is 3. The monoisotopic (exact) mass is 348 g/mol. The summed E-state index contributed by atoms with van der Waals surface area (Å²) in [5, 5.41) is 0.423. The second-order valence-electron chi connectivity index (χ2n) is 5.96. The van der Waals surface area contributed by atoms with Crippen LogP contribution in [0.2, 0.25) is 5.02 Å². The van der Waals surface area contributed by atoms with Gasteiger partial charge in [0.05, 0.1) is 5.02 Å². The van der Waals surface area contributed by atoms with Crippen LogP contribution in [0, 0.1) is 0 Å². The zero-order valence-electron chi connectivity index (χ0n) is 13.7. The number of rotatable bonds is 5. The maximum Gasteiger partial charge on any atom is 0.251 e. The van der Waals surface area contributed by atoms with Crippen molar-refractivity contribution in [2.75, 3.05) is 18.0 Å². The molecule has 0 saturated carbocycles. The van der Waals surface area contributed by atoms with E-state index in [-0.39, 0.29) is 11.7 Å². The number of hydrogen-bond donors (Lipinski definition) is 1. The Hall–Kier alpha value is -2.08. The molecule has 2 aromatic rings. The molecule has 1 aliphatic heterocycles. The van der Waals surface area contributed by atoms with Crippen LogP contribution in [-0.2, 0) is 6.42 Å². The number of H-pyrrole nitrogens is 1. The first kappa shape index (κ1) is 16.8. The molecular formula is C17H21ClN4O2. The molecule has 1 saturated heterocycles. The number of pyridine rings is 1. The topological polar surface area (TPSA) is 71.1 Å². The molecule has 7 heteroatoms. The number of aromatic amines is 1. The van der Waals surface area contributed by atoms with E-state index in [2.05, 4.69) is 26.8 Å². The number of aromatic nitrogens is 3. The van der Waals surface area contributed by atoms with Gasteiger partial charge in [-0.1, -0.05) is 24.9 Å². The Morgan fingerprint density at radius 2 is 2.04 bits per heavy atom. The van der Waals surface area contributed by atoms with Crippen LogP contribution in [0.5, 0.6) is 5.75 Å². The number of hydrogen-bond acceptors (Lipinski definition) is 5. The van der Waals surface area contributed by atoms with E-state index < -0.39 is 0 Å². The molecule has 3 heterocycles. The van der Waals surface area contributed by atoms with Crippen molar-refractivity contribution in [1.82, 2.24) is 15.0 Å². The summed E-state index contributed by atoms with van der Waals surface area (Å²) in [5.74, 6) is 1.21. The summed E-state index contributed by atoms with van der Waals surface area (Å²) in [6.45, 7) is 3.78. The summed E-state index contributed by atoms with van der Waals surface area (Å²) in [4.78, 5) is 25.0. The highest BCUT2D eigenvalue weighted by Crippen LogP contribution is 2.25. The van der Waals surface area contributed by atoms with Crippen LogP contribution in [0.4, 0.5) is 5.95 Å². The van der Waals surface area contributed by atoms with Gasteiger partial charge in [0.1, 0.15) is 11.9 Å². The third-order valence-corrected chi connectivity index (χ3v) is 4.38. The Morgan fingerprint density at radius 3 is 2.71 bits per heavy atom. The molecule has 0 aliphatic carbocycles. The van der Waals surface area contributed by atoms with E-state index in [1.165, 1.54) is 17.8 Å². The standard InChI is InChI=1S/C17H21ClN4O2/c1-2-3-12-9-20-17(21-10-12)22-6-4-13(5-7-22)24-15-8-16(23)19-11-14(15)18/h8-11,13H,2-7H2,1H3,(H,19,23). The molecule has 3 rings (SSSR count). The number of aryl methyl sites for hydroxylation is 1. The van der Waals surface area contributed by atoms with Gasteiger partial charge < -0.3 is 14.6 Å². The molecule has 1 fully saturated rings. The second kappa shape index (κ2) is 7.66. The Bertz CT molecular complexity index is 724.